The van der Waals surface area contributed by atoms with Gasteiger partial charge in [-0.1, -0.05) is 55.0 Å². The van der Waals surface area contributed by atoms with Crippen molar-refractivity contribution in [3.05, 3.63) is 89.6 Å². The van der Waals surface area contributed by atoms with Gasteiger partial charge in [-0.3, -0.25) is 4.90 Å². The highest BCUT2D eigenvalue weighted by molar-refractivity contribution is 6.01. The Hall–Kier alpha value is -3.45. The van der Waals surface area contributed by atoms with Crippen molar-refractivity contribution in [1.29, 1.82) is 0 Å². The van der Waals surface area contributed by atoms with Gasteiger partial charge in [0.25, 0.3) is 0 Å². The van der Waals surface area contributed by atoms with Gasteiger partial charge in [0, 0.05) is 30.5 Å². The van der Waals surface area contributed by atoms with Crippen molar-refractivity contribution in [2.24, 2.45) is 0 Å². The number of aromatic nitrogens is 1. The van der Waals surface area contributed by atoms with Crippen LogP contribution >= 0.6 is 0 Å². The van der Waals surface area contributed by atoms with E-state index in [2.05, 4.69) is 34.1 Å². The smallest absolute Gasteiger partial charge is 0.155 e. The minimum Gasteiger partial charge on any atom is -0.485 e. The molecule has 0 amide bonds. The van der Waals surface area contributed by atoms with Gasteiger partial charge >= 0.3 is 0 Å². The minimum atomic E-state index is -1.42. The zero-order chi connectivity index (χ0) is 25.4. The fourth-order valence-corrected chi connectivity index (χ4v) is 6.09. The second-order valence-electron chi connectivity index (χ2n) is 10.2. The summed E-state index contributed by atoms with van der Waals surface area (Å²) in [6, 6.07) is 23.0. The lowest BCUT2D eigenvalue weighted by molar-refractivity contribution is -0.0387. The third-order valence-corrected chi connectivity index (χ3v) is 7.85. The van der Waals surface area contributed by atoms with Crippen molar-refractivity contribution >= 4 is 16.6 Å². The molecule has 2 atom stereocenters. The molecule has 4 N–H and O–H groups in total. The van der Waals surface area contributed by atoms with E-state index in [1.807, 2.05) is 42.5 Å². The number of benzene rings is 3. The minimum absolute atomic E-state index is 0.124. The molecule has 1 aromatic heterocycles. The highest BCUT2D eigenvalue weighted by Gasteiger charge is 2.37. The van der Waals surface area contributed by atoms with Crippen molar-refractivity contribution in [3.63, 3.8) is 0 Å². The number of fused-ring (bicyclic) bond motifs is 2. The number of aliphatic hydroxyl groups is 2. The van der Waals surface area contributed by atoms with Crippen molar-refractivity contribution in [1.82, 2.24) is 9.88 Å². The van der Waals surface area contributed by atoms with Gasteiger partial charge in [-0.25, -0.2) is 4.98 Å². The Labute approximate surface area is 217 Å². The summed E-state index contributed by atoms with van der Waals surface area (Å²) in [5, 5.41) is 21.3. The van der Waals surface area contributed by atoms with E-state index < -0.39 is 6.29 Å². The van der Waals surface area contributed by atoms with Crippen molar-refractivity contribution in [2.45, 2.75) is 50.5 Å². The van der Waals surface area contributed by atoms with Crippen molar-refractivity contribution in [3.8, 4) is 16.9 Å². The van der Waals surface area contributed by atoms with Crippen molar-refractivity contribution < 1.29 is 14.9 Å². The Morgan fingerprint density at radius 3 is 2.59 bits per heavy atom. The maximum absolute atomic E-state index is 9.61. The highest BCUT2D eigenvalue weighted by atomic mass is 16.5. The molecule has 1 aliphatic heterocycles. The first-order valence-corrected chi connectivity index (χ1v) is 13.2. The van der Waals surface area contributed by atoms with Crippen molar-refractivity contribution in [2.75, 3.05) is 18.8 Å². The van der Waals surface area contributed by atoms with Crippen LogP contribution in [-0.4, -0.2) is 39.5 Å². The number of ether oxygens (including phenoxy) is 1. The number of piperidine rings is 1. The van der Waals surface area contributed by atoms with E-state index in [0.717, 1.165) is 47.0 Å². The Kier molecular flexibility index (Phi) is 6.55. The predicted octanol–water partition coefficient (Wildman–Crippen LogP) is 5.39. The second kappa shape index (κ2) is 10.1. The molecule has 3 aromatic carbocycles. The fourth-order valence-electron chi connectivity index (χ4n) is 6.09. The molecule has 0 radical (unpaired) electrons. The topological polar surface area (TPSA) is 91.8 Å². The van der Waals surface area contributed by atoms with Gasteiger partial charge < -0.3 is 20.7 Å². The van der Waals surface area contributed by atoms with Crippen LogP contribution in [-0.2, 0) is 6.42 Å². The molecule has 6 nitrogen and oxygen atoms in total. The van der Waals surface area contributed by atoms with Crippen LogP contribution in [0.4, 0.5) is 5.82 Å². The molecule has 0 bridgehead atoms. The molecule has 0 saturated carbocycles. The molecule has 6 rings (SSSR count). The zero-order valence-electron chi connectivity index (χ0n) is 20.9. The number of nitrogens with two attached hydrogens (primary N) is 1. The van der Waals surface area contributed by atoms with Crippen LogP contribution < -0.4 is 10.5 Å². The summed E-state index contributed by atoms with van der Waals surface area (Å²) in [5.41, 5.74) is 11.8. The lowest BCUT2D eigenvalue weighted by Gasteiger charge is -2.33. The number of hydrogen-bond acceptors (Lipinski definition) is 6. The van der Waals surface area contributed by atoms with E-state index in [1.165, 1.54) is 30.4 Å². The number of para-hydroxylation sites is 1. The van der Waals surface area contributed by atoms with Gasteiger partial charge in [-0.05, 0) is 77.3 Å². The molecule has 2 aliphatic rings. The van der Waals surface area contributed by atoms with Crippen LogP contribution in [0.2, 0.25) is 0 Å². The number of aliphatic hydroxyl groups excluding tert-OH is 1. The highest BCUT2D eigenvalue weighted by Crippen LogP contribution is 2.47. The summed E-state index contributed by atoms with van der Waals surface area (Å²) >= 11 is 0. The second-order valence-corrected chi connectivity index (χ2v) is 10.2. The van der Waals surface area contributed by atoms with Crippen LogP contribution in [0.3, 0.4) is 0 Å². The summed E-state index contributed by atoms with van der Waals surface area (Å²) < 4.78 is 6.67. The third-order valence-electron chi connectivity index (χ3n) is 7.85. The van der Waals surface area contributed by atoms with Crippen LogP contribution in [0.15, 0.2) is 72.9 Å². The average Bonchev–Trinajstić information content (AvgIpc) is 3.27. The van der Waals surface area contributed by atoms with E-state index in [9.17, 15) is 10.2 Å². The molecule has 0 unspecified atom stereocenters. The van der Waals surface area contributed by atoms with Gasteiger partial charge in [-0.15, -0.1) is 0 Å². The lowest BCUT2D eigenvalue weighted by atomic mass is 9.95. The van der Waals surface area contributed by atoms with Gasteiger partial charge in [0.15, 0.2) is 6.29 Å². The summed E-state index contributed by atoms with van der Waals surface area (Å²) in [6.45, 7) is 2.23. The first-order chi connectivity index (χ1) is 18.1. The number of hydrogen-bond donors (Lipinski definition) is 3. The lowest BCUT2D eigenvalue weighted by Crippen LogP contribution is -2.32. The summed E-state index contributed by atoms with van der Waals surface area (Å²) in [7, 11) is 0. The molecular formula is C31H33N3O3. The zero-order valence-corrected chi connectivity index (χ0v) is 20.9. The molecular weight excluding hydrogens is 462 g/mol. The number of anilines is 1. The van der Waals surface area contributed by atoms with Crippen LogP contribution in [0.1, 0.15) is 54.5 Å². The van der Waals surface area contributed by atoms with E-state index in [4.69, 9.17) is 10.5 Å². The first kappa shape index (κ1) is 23.9. The van der Waals surface area contributed by atoms with Crippen LogP contribution in [0, 0.1) is 0 Å². The molecule has 2 heterocycles. The quantitative estimate of drug-likeness (QED) is 0.311. The summed E-state index contributed by atoms with van der Waals surface area (Å²) in [4.78, 5) is 6.88. The molecule has 6 heteroatoms. The SMILES string of the molecule is Nc1nccc2c(-c3ccc4c(c3)[C@H](Oc3ccccc3CC(O)O)C[C@H]4N3CCCCC3)cccc12. The summed E-state index contributed by atoms with van der Waals surface area (Å²) in [5.74, 6) is 1.25. The molecule has 1 aliphatic carbocycles. The van der Waals surface area contributed by atoms with Gasteiger partial charge in [0.1, 0.15) is 17.7 Å². The fraction of sp³-hybridized carbons (Fsp3) is 0.323. The number of nitrogen functional groups attached to an aromatic ring is 1. The molecule has 1 fully saturated rings. The Balaban J connectivity index is 1.42. The van der Waals surface area contributed by atoms with Gasteiger partial charge in [0.05, 0.1) is 0 Å². The Morgan fingerprint density at radius 1 is 0.919 bits per heavy atom. The molecule has 190 valence electrons. The van der Waals surface area contributed by atoms with E-state index in [1.54, 1.807) is 6.20 Å². The Bertz CT molecular complexity index is 1410. The van der Waals surface area contributed by atoms with Crippen LogP contribution in [0.25, 0.3) is 21.9 Å². The number of rotatable bonds is 6. The van der Waals surface area contributed by atoms with E-state index in [-0.39, 0.29) is 12.5 Å². The standard InChI is InChI=1S/C31H33N3O3/c32-31-25-9-6-8-22(23(25)13-14-33-31)20-11-12-24-26(17-20)29(19-27(24)34-15-4-1-5-16-34)37-28-10-3-2-7-21(28)18-30(35)36/h2-3,6-14,17,27,29-30,35-36H,1,4-5,15-16,18-19H2,(H2,32,33)/t27-,29-/m1/s1. The third kappa shape index (κ3) is 4.68. The Morgan fingerprint density at radius 2 is 1.76 bits per heavy atom. The number of nitrogens with zero attached hydrogens (tertiary/aromatic N) is 2. The van der Waals surface area contributed by atoms with E-state index >= 15 is 0 Å². The molecule has 4 aromatic rings. The van der Waals surface area contributed by atoms with Gasteiger partial charge in [-0.2, -0.15) is 0 Å². The molecule has 37 heavy (non-hydrogen) atoms. The maximum atomic E-state index is 9.61. The molecule has 1 saturated heterocycles. The number of pyridine rings is 1. The van der Waals surface area contributed by atoms with E-state index in [0.29, 0.717) is 17.6 Å². The normalized spacial score (nSPS) is 19.9. The monoisotopic (exact) mass is 495 g/mol. The largest absolute Gasteiger partial charge is 0.485 e. The summed E-state index contributed by atoms with van der Waals surface area (Å²) in [6.07, 6.45) is 5.00. The average molecular weight is 496 g/mol. The van der Waals surface area contributed by atoms with Gasteiger partial charge in [0.2, 0.25) is 0 Å². The first-order valence-electron chi connectivity index (χ1n) is 13.2. The van der Waals surface area contributed by atoms with Crippen LogP contribution in [0.5, 0.6) is 5.75 Å². The maximum Gasteiger partial charge on any atom is 0.155 e. The number of likely N-dealkylation sites (tertiary alicyclic amines) is 1. The molecule has 0 spiro atoms. The predicted molar refractivity (Wildman–Crippen MR) is 146 cm³/mol.